The van der Waals surface area contributed by atoms with Crippen molar-refractivity contribution in [2.24, 2.45) is 0 Å². The Morgan fingerprint density at radius 3 is 1.77 bits per heavy atom. The van der Waals surface area contributed by atoms with Crippen LogP contribution in [0.15, 0.2) is 24.3 Å². The van der Waals surface area contributed by atoms with Crippen LogP contribution in [-0.4, -0.2) is 14.2 Å². The van der Waals surface area contributed by atoms with Crippen molar-refractivity contribution >= 4 is 23.2 Å². The van der Waals surface area contributed by atoms with E-state index in [0.29, 0.717) is 21.4 Å². The number of methoxy groups -OCH3 is 2. The van der Waals surface area contributed by atoms with Gasteiger partial charge in [-0.25, -0.2) is 8.78 Å². The number of hydrogen-bond acceptors (Lipinski definition) is 2. The lowest BCUT2D eigenvalue weighted by molar-refractivity contribution is 0.386. The van der Waals surface area contributed by atoms with Gasteiger partial charge in [0.05, 0.1) is 19.2 Å². The van der Waals surface area contributed by atoms with E-state index in [4.69, 9.17) is 32.7 Å². The van der Waals surface area contributed by atoms with Gasteiger partial charge in [-0.2, -0.15) is 0 Å². The van der Waals surface area contributed by atoms with E-state index in [2.05, 4.69) is 0 Å². The van der Waals surface area contributed by atoms with Gasteiger partial charge in [0.15, 0.2) is 11.6 Å². The summed E-state index contributed by atoms with van der Waals surface area (Å²) in [7, 11) is 2.92. The molecule has 2 aromatic rings. The lowest BCUT2D eigenvalue weighted by Gasteiger charge is -2.03. The quantitative estimate of drug-likeness (QED) is 0.703. The zero-order chi connectivity index (χ0) is 16.9. The van der Waals surface area contributed by atoms with E-state index in [1.165, 1.54) is 26.4 Å². The first-order valence-electron chi connectivity index (χ1n) is 6.29. The molecule has 0 saturated heterocycles. The number of halogens is 4. The normalized spacial score (nSPS) is 9.82. The molecule has 0 atom stereocenters. The van der Waals surface area contributed by atoms with Crippen LogP contribution in [0.5, 0.6) is 11.5 Å². The molecule has 2 rings (SSSR count). The van der Waals surface area contributed by atoms with Crippen LogP contribution in [0, 0.1) is 25.5 Å². The molecule has 0 radical (unpaired) electrons. The van der Waals surface area contributed by atoms with E-state index in [-0.39, 0.29) is 11.6 Å². The van der Waals surface area contributed by atoms with Crippen LogP contribution in [0.2, 0.25) is 10.0 Å². The Kier molecular flexibility index (Phi) is 6.91. The summed E-state index contributed by atoms with van der Waals surface area (Å²) >= 11 is 11.3. The first kappa shape index (κ1) is 18.5. The van der Waals surface area contributed by atoms with Gasteiger partial charge in [-0.05, 0) is 49.2 Å². The first-order valence-corrected chi connectivity index (χ1v) is 7.05. The van der Waals surface area contributed by atoms with Gasteiger partial charge in [0.1, 0.15) is 11.6 Å². The first-order chi connectivity index (χ1) is 10.3. The summed E-state index contributed by atoms with van der Waals surface area (Å²) in [6, 6.07) is 5.63. The van der Waals surface area contributed by atoms with Gasteiger partial charge in [-0.1, -0.05) is 23.2 Å². The molecule has 0 amide bonds. The van der Waals surface area contributed by atoms with Crippen LogP contribution in [0.25, 0.3) is 0 Å². The number of ether oxygens (including phenoxy) is 2. The molecule has 0 spiro atoms. The summed E-state index contributed by atoms with van der Waals surface area (Å²) in [5.74, 6) is -0.00336. The molecule has 0 bridgehead atoms. The Hall–Kier alpha value is -1.52. The summed E-state index contributed by atoms with van der Waals surface area (Å²) in [4.78, 5) is 0. The van der Waals surface area contributed by atoms with E-state index in [1.54, 1.807) is 26.0 Å². The van der Waals surface area contributed by atoms with E-state index in [0.717, 1.165) is 5.56 Å². The Morgan fingerprint density at radius 1 is 0.727 bits per heavy atom. The fourth-order valence-corrected chi connectivity index (χ4v) is 1.95. The molecule has 0 aromatic heterocycles. The highest BCUT2D eigenvalue weighted by molar-refractivity contribution is 6.32. The van der Waals surface area contributed by atoms with Crippen LogP contribution in [0.3, 0.4) is 0 Å². The van der Waals surface area contributed by atoms with Crippen LogP contribution < -0.4 is 9.47 Å². The molecule has 0 aliphatic rings. The van der Waals surface area contributed by atoms with Gasteiger partial charge in [-0.3, -0.25) is 0 Å². The minimum atomic E-state index is -0.428. The Bertz CT molecular complexity index is 604. The monoisotopic (exact) mass is 348 g/mol. The molecule has 0 fully saturated rings. The zero-order valence-corrected chi connectivity index (χ0v) is 14.1. The third kappa shape index (κ3) is 4.75. The van der Waals surface area contributed by atoms with Crippen LogP contribution in [0.1, 0.15) is 11.1 Å². The van der Waals surface area contributed by atoms with Crippen molar-refractivity contribution in [1.82, 2.24) is 0 Å². The Labute approximate surface area is 138 Å². The third-order valence-electron chi connectivity index (χ3n) is 2.87. The van der Waals surface area contributed by atoms with Crippen LogP contribution in [0.4, 0.5) is 8.78 Å². The van der Waals surface area contributed by atoms with E-state index in [9.17, 15) is 8.78 Å². The number of aryl methyl sites for hydroxylation is 2. The predicted molar refractivity (Wildman–Crippen MR) is 85.4 cm³/mol. The van der Waals surface area contributed by atoms with Crippen molar-refractivity contribution in [3.63, 3.8) is 0 Å². The molecule has 0 unspecified atom stereocenters. The highest BCUT2D eigenvalue weighted by Crippen LogP contribution is 2.26. The summed E-state index contributed by atoms with van der Waals surface area (Å²) in [6.45, 7) is 3.46. The maximum absolute atomic E-state index is 12.8. The van der Waals surface area contributed by atoms with Crippen molar-refractivity contribution in [2.45, 2.75) is 13.8 Å². The van der Waals surface area contributed by atoms with Gasteiger partial charge in [0.2, 0.25) is 0 Å². The second-order valence-electron chi connectivity index (χ2n) is 4.47. The van der Waals surface area contributed by atoms with E-state index in [1.807, 2.05) is 0 Å². The lowest BCUT2D eigenvalue weighted by atomic mass is 10.2. The Balaban J connectivity index is 0.000000220. The maximum Gasteiger partial charge on any atom is 0.166 e. The summed E-state index contributed by atoms with van der Waals surface area (Å²) in [5, 5.41) is 0.721. The van der Waals surface area contributed by atoms with Gasteiger partial charge in [0.25, 0.3) is 0 Å². The largest absolute Gasteiger partial charge is 0.495 e. The van der Waals surface area contributed by atoms with Crippen molar-refractivity contribution < 1.29 is 18.3 Å². The fourth-order valence-electron chi connectivity index (χ4n) is 1.57. The van der Waals surface area contributed by atoms with Crippen molar-refractivity contribution in [1.29, 1.82) is 0 Å². The van der Waals surface area contributed by atoms with Gasteiger partial charge in [-0.15, -0.1) is 0 Å². The molecule has 2 nitrogen and oxygen atoms in total. The van der Waals surface area contributed by atoms with Crippen LogP contribution >= 0.6 is 23.2 Å². The third-order valence-corrected chi connectivity index (χ3v) is 3.57. The predicted octanol–water partition coefficient (Wildman–Crippen LogP) is 5.59. The molecule has 0 saturated carbocycles. The average molecular weight is 349 g/mol. The Morgan fingerprint density at radius 2 is 1.23 bits per heavy atom. The molecule has 2 aromatic carbocycles. The minimum Gasteiger partial charge on any atom is -0.495 e. The van der Waals surface area contributed by atoms with Gasteiger partial charge < -0.3 is 9.47 Å². The molecule has 0 N–H and O–H groups in total. The summed E-state index contributed by atoms with van der Waals surface area (Å²) in [6.07, 6.45) is 0. The van der Waals surface area contributed by atoms with Crippen molar-refractivity contribution in [3.8, 4) is 11.5 Å². The fraction of sp³-hybridized carbons (Fsp3) is 0.250. The second kappa shape index (κ2) is 8.20. The average Bonchev–Trinajstić information content (AvgIpc) is 2.47. The molecule has 120 valence electrons. The molecule has 22 heavy (non-hydrogen) atoms. The highest BCUT2D eigenvalue weighted by Gasteiger charge is 2.05. The standard InChI is InChI=1S/2C8H8ClFO/c1-5-3-8(11-2)6(9)4-7(5)10;1-5-3-8(11-2)7(10)4-6(5)9/h2*3-4H,1-2H3. The molecule has 0 aliphatic heterocycles. The summed E-state index contributed by atoms with van der Waals surface area (Å²) in [5.41, 5.74) is 1.34. The van der Waals surface area contributed by atoms with Gasteiger partial charge >= 0.3 is 0 Å². The van der Waals surface area contributed by atoms with Crippen molar-refractivity contribution in [3.05, 3.63) is 57.1 Å². The van der Waals surface area contributed by atoms with Gasteiger partial charge in [0, 0.05) is 5.02 Å². The number of benzene rings is 2. The minimum absolute atomic E-state index is 0.229. The second-order valence-corrected chi connectivity index (χ2v) is 5.29. The smallest absolute Gasteiger partial charge is 0.166 e. The van der Waals surface area contributed by atoms with E-state index < -0.39 is 5.82 Å². The topological polar surface area (TPSA) is 18.5 Å². The zero-order valence-electron chi connectivity index (χ0n) is 12.6. The number of hydrogen-bond donors (Lipinski definition) is 0. The van der Waals surface area contributed by atoms with E-state index >= 15 is 0 Å². The maximum atomic E-state index is 12.8. The van der Waals surface area contributed by atoms with Crippen LogP contribution in [-0.2, 0) is 0 Å². The summed E-state index contributed by atoms with van der Waals surface area (Å²) < 4.78 is 35.2. The molecular formula is C16H16Cl2F2O2. The SMILES string of the molecule is COc1cc(C)c(Cl)cc1F.COc1cc(C)c(F)cc1Cl. The van der Waals surface area contributed by atoms with Crippen molar-refractivity contribution in [2.75, 3.05) is 14.2 Å². The lowest BCUT2D eigenvalue weighted by Crippen LogP contribution is -1.89. The molecule has 0 aliphatic carbocycles. The molecular weight excluding hydrogens is 333 g/mol. The molecule has 0 heterocycles. The number of rotatable bonds is 2. The highest BCUT2D eigenvalue weighted by atomic mass is 35.5. The molecule has 6 heteroatoms.